The van der Waals surface area contributed by atoms with Crippen LogP contribution in [0.25, 0.3) is 0 Å². The van der Waals surface area contributed by atoms with E-state index < -0.39 is 23.3 Å². The van der Waals surface area contributed by atoms with Gasteiger partial charge in [-0.25, -0.2) is 14.2 Å². The highest BCUT2D eigenvalue weighted by Crippen LogP contribution is 2.15. The third-order valence-electron chi connectivity index (χ3n) is 4.39. The van der Waals surface area contributed by atoms with Crippen LogP contribution in [0, 0.1) is 5.92 Å². The molecule has 1 aromatic heterocycles. The number of thioether (sulfide) groups is 1. The number of esters is 1. The highest BCUT2D eigenvalue weighted by atomic mass is 35.5. The Kier molecular flexibility index (Phi) is 10.3. The summed E-state index contributed by atoms with van der Waals surface area (Å²) >= 11 is 7.24. The van der Waals surface area contributed by atoms with Crippen LogP contribution in [-0.2, 0) is 32.1 Å². The lowest BCUT2D eigenvalue weighted by atomic mass is 10.1. The molecule has 0 saturated carbocycles. The van der Waals surface area contributed by atoms with E-state index in [0.717, 1.165) is 10.1 Å². The molecule has 0 aliphatic rings. The smallest absolute Gasteiger partial charge is 0.354 e. The van der Waals surface area contributed by atoms with E-state index >= 15 is 0 Å². The number of ether oxygens (including phenoxy) is 3. The molecule has 0 aliphatic carbocycles. The molecule has 2 aromatic rings. The molecule has 0 radical (unpaired) electrons. The second-order valence-corrected chi connectivity index (χ2v) is 8.21. The van der Waals surface area contributed by atoms with Gasteiger partial charge in [0.25, 0.3) is 0 Å². The third kappa shape index (κ3) is 7.20. The van der Waals surface area contributed by atoms with E-state index in [0.29, 0.717) is 15.9 Å². The second-order valence-electron chi connectivity index (χ2n) is 6.54. The van der Waals surface area contributed by atoms with E-state index in [1.165, 1.54) is 30.5 Å². The Morgan fingerprint density at radius 1 is 1.19 bits per heavy atom. The van der Waals surface area contributed by atoms with E-state index in [9.17, 15) is 14.4 Å². The lowest BCUT2D eigenvalue weighted by Crippen LogP contribution is -2.45. The van der Waals surface area contributed by atoms with Gasteiger partial charge >= 0.3 is 17.3 Å². The van der Waals surface area contributed by atoms with Crippen molar-refractivity contribution in [2.75, 3.05) is 33.4 Å². The fraction of sp³-hybridized carbons (Fsp3) is 0.500. The molecular weight excluding hydrogens is 446 g/mol. The van der Waals surface area contributed by atoms with Crippen LogP contribution in [0.5, 0.6) is 0 Å². The van der Waals surface area contributed by atoms with Crippen molar-refractivity contribution < 1.29 is 19.0 Å². The molecule has 31 heavy (non-hydrogen) atoms. The molecule has 0 unspecified atom stereocenters. The molecule has 170 valence electrons. The molecule has 0 aliphatic heterocycles. The monoisotopic (exact) mass is 471 g/mol. The van der Waals surface area contributed by atoms with Crippen LogP contribution in [-0.4, -0.2) is 53.5 Å². The quantitative estimate of drug-likeness (QED) is 0.200. The number of methoxy groups -OCH3 is 2. The summed E-state index contributed by atoms with van der Waals surface area (Å²) in [6.45, 7) is 2.24. The first kappa shape index (κ1) is 25.1. The van der Waals surface area contributed by atoms with Crippen LogP contribution in [0.1, 0.15) is 18.9 Å². The number of aromatic nitrogens is 3. The van der Waals surface area contributed by atoms with E-state index in [-0.39, 0.29) is 32.9 Å². The van der Waals surface area contributed by atoms with Gasteiger partial charge in [0, 0.05) is 18.7 Å². The van der Waals surface area contributed by atoms with Gasteiger partial charge in [-0.15, -0.1) is 0 Å². The maximum Gasteiger partial charge on any atom is 0.354 e. The average Bonchev–Trinajstić information content (AvgIpc) is 2.76. The summed E-state index contributed by atoms with van der Waals surface area (Å²) in [5.74, 6) is -0.649. The Labute approximate surface area is 189 Å². The van der Waals surface area contributed by atoms with Crippen molar-refractivity contribution in [3.8, 4) is 0 Å². The molecule has 11 heteroatoms. The van der Waals surface area contributed by atoms with Gasteiger partial charge in [0.2, 0.25) is 0 Å². The zero-order valence-corrected chi connectivity index (χ0v) is 19.3. The highest BCUT2D eigenvalue weighted by Gasteiger charge is 2.23. The van der Waals surface area contributed by atoms with Gasteiger partial charge < -0.3 is 14.2 Å². The molecule has 0 amide bonds. The van der Waals surface area contributed by atoms with Gasteiger partial charge in [0.1, 0.15) is 6.79 Å². The van der Waals surface area contributed by atoms with Crippen LogP contribution >= 0.6 is 23.4 Å². The Balaban J connectivity index is 2.39. The normalized spacial score (nSPS) is 12.0. The van der Waals surface area contributed by atoms with Crippen molar-refractivity contribution in [1.29, 1.82) is 0 Å². The number of carbonyl (C=O) groups excluding carboxylic acids is 1. The van der Waals surface area contributed by atoms with Crippen LogP contribution in [0.2, 0.25) is 5.02 Å². The molecule has 9 nitrogen and oxygen atoms in total. The summed E-state index contributed by atoms with van der Waals surface area (Å²) < 4.78 is 17.3. The minimum absolute atomic E-state index is 0.0756. The molecule has 2 rings (SSSR count). The summed E-state index contributed by atoms with van der Waals surface area (Å²) in [6, 6.07) is 7.06. The summed E-state index contributed by atoms with van der Waals surface area (Å²) in [5.41, 5.74) is -0.424. The van der Waals surface area contributed by atoms with Crippen molar-refractivity contribution in [2.45, 2.75) is 31.6 Å². The topological polar surface area (TPSA) is 102 Å². The van der Waals surface area contributed by atoms with E-state index in [2.05, 4.69) is 4.98 Å². The predicted molar refractivity (Wildman–Crippen MR) is 118 cm³/mol. The number of nitrogens with zero attached hydrogens (tertiary/aromatic N) is 3. The third-order valence-corrected chi connectivity index (χ3v) is 5.50. The molecule has 0 saturated heterocycles. The number of hydrogen-bond acceptors (Lipinski definition) is 8. The zero-order chi connectivity index (χ0) is 22.8. The van der Waals surface area contributed by atoms with Gasteiger partial charge in [0.15, 0.2) is 5.16 Å². The first-order valence-electron chi connectivity index (χ1n) is 9.64. The minimum Gasteiger partial charge on any atom is -0.469 e. The van der Waals surface area contributed by atoms with Crippen molar-refractivity contribution in [3.05, 3.63) is 55.8 Å². The van der Waals surface area contributed by atoms with Crippen molar-refractivity contribution in [2.24, 2.45) is 5.92 Å². The lowest BCUT2D eigenvalue weighted by Gasteiger charge is -2.18. The summed E-state index contributed by atoms with van der Waals surface area (Å²) in [7, 11) is 2.74. The molecule has 1 heterocycles. The predicted octanol–water partition coefficient (Wildman–Crippen LogP) is 2.02. The molecule has 0 bridgehead atoms. The number of benzene rings is 1. The molecule has 0 N–H and O–H groups in total. The number of carbonyl (C=O) groups is 1. The van der Waals surface area contributed by atoms with Crippen LogP contribution in [0.4, 0.5) is 0 Å². The maximum absolute atomic E-state index is 13.2. The fourth-order valence-corrected chi connectivity index (χ4v) is 3.68. The molecule has 1 aromatic carbocycles. The first-order chi connectivity index (χ1) is 14.9. The average molecular weight is 472 g/mol. The maximum atomic E-state index is 13.2. The Bertz CT molecular complexity index is 976. The molecule has 0 fully saturated rings. The largest absolute Gasteiger partial charge is 0.469 e. The summed E-state index contributed by atoms with van der Waals surface area (Å²) in [6.07, 6.45) is 0.255. The molecule has 0 spiro atoms. The van der Waals surface area contributed by atoms with Crippen LogP contribution < -0.4 is 11.4 Å². The Hall–Kier alpha value is -2.14. The van der Waals surface area contributed by atoms with Crippen LogP contribution in [0.3, 0.4) is 0 Å². The van der Waals surface area contributed by atoms with Crippen LogP contribution in [0.15, 0.2) is 39.0 Å². The van der Waals surface area contributed by atoms with Gasteiger partial charge in [-0.1, -0.05) is 42.4 Å². The second kappa shape index (κ2) is 12.7. The molecular formula is C20H26ClN3O6S. The lowest BCUT2D eigenvalue weighted by molar-refractivity contribution is -0.147. The van der Waals surface area contributed by atoms with Gasteiger partial charge in [-0.05, 0) is 29.9 Å². The van der Waals surface area contributed by atoms with E-state index in [1.54, 1.807) is 24.3 Å². The SMILES string of the molecule is CCSc1nc(=O)n(C[C@H](CCOCOC)C(=O)OC)c(=O)n1Cc1ccc(Cl)cc1. The number of hydrogen-bond donors (Lipinski definition) is 0. The van der Waals surface area contributed by atoms with Crippen molar-refractivity contribution in [1.82, 2.24) is 14.1 Å². The number of rotatable bonds is 12. The zero-order valence-electron chi connectivity index (χ0n) is 17.7. The first-order valence-corrected chi connectivity index (χ1v) is 11.0. The van der Waals surface area contributed by atoms with Gasteiger partial charge in [-0.2, -0.15) is 4.98 Å². The van der Waals surface area contributed by atoms with E-state index in [1.807, 2.05) is 6.92 Å². The van der Waals surface area contributed by atoms with Gasteiger partial charge in [-0.3, -0.25) is 9.36 Å². The van der Waals surface area contributed by atoms with Crippen molar-refractivity contribution >= 4 is 29.3 Å². The van der Waals surface area contributed by atoms with Gasteiger partial charge in [0.05, 0.1) is 26.2 Å². The Morgan fingerprint density at radius 2 is 1.90 bits per heavy atom. The number of halogens is 1. The minimum atomic E-state index is -0.747. The summed E-state index contributed by atoms with van der Waals surface area (Å²) in [5, 5.41) is 0.903. The fourth-order valence-electron chi connectivity index (χ4n) is 2.85. The standard InChI is InChI=1S/C20H26ClN3O6S/c1-4-31-19-22-18(26)23(12-15(17(25)29-3)9-10-30-13-28-2)20(27)24(19)11-14-5-7-16(21)8-6-14/h5-8,15H,4,9-13H2,1-3H3/t15-/m0/s1. The van der Waals surface area contributed by atoms with Crippen molar-refractivity contribution in [3.63, 3.8) is 0 Å². The highest BCUT2D eigenvalue weighted by molar-refractivity contribution is 7.99. The van der Waals surface area contributed by atoms with E-state index in [4.69, 9.17) is 25.8 Å². The summed E-state index contributed by atoms with van der Waals surface area (Å²) in [4.78, 5) is 42.1. The molecule has 1 atom stereocenters. The Morgan fingerprint density at radius 3 is 2.52 bits per heavy atom.